The highest BCUT2D eigenvalue weighted by atomic mass is 79.9. The monoisotopic (exact) mass is 334 g/mol. The molecule has 1 aliphatic rings. The van der Waals surface area contributed by atoms with Gasteiger partial charge in [0.05, 0.1) is 11.4 Å². The predicted octanol–water partition coefficient (Wildman–Crippen LogP) is 3.22. The van der Waals surface area contributed by atoms with Gasteiger partial charge in [-0.15, -0.1) is 0 Å². The van der Waals surface area contributed by atoms with E-state index < -0.39 is 5.97 Å². The van der Waals surface area contributed by atoms with Crippen LogP contribution in [0.15, 0.2) is 28.9 Å². The average Bonchev–Trinajstić information content (AvgIpc) is 2.89. The first-order chi connectivity index (χ1) is 9.56. The summed E-state index contributed by atoms with van der Waals surface area (Å²) in [4.78, 5) is 17.6. The summed E-state index contributed by atoms with van der Waals surface area (Å²) in [6, 6.07) is 6.09. The van der Waals surface area contributed by atoms with E-state index in [0.717, 1.165) is 33.2 Å². The van der Waals surface area contributed by atoms with Crippen LogP contribution >= 0.6 is 15.9 Å². The third-order valence-electron chi connectivity index (χ3n) is 3.88. The maximum Gasteiger partial charge on any atom is 0.308 e. The first kappa shape index (κ1) is 13.4. The van der Waals surface area contributed by atoms with Crippen molar-refractivity contribution in [2.45, 2.75) is 13.3 Å². The zero-order chi connectivity index (χ0) is 14.3. The van der Waals surface area contributed by atoms with Crippen LogP contribution in [-0.4, -0.2) is 29.1 Å². The van der Waals surface area contributed by atoms with Crippen LogP contribution in [-0.2, 0) is 4.79 Å². The molecular weight excluding hydrogens is 320 g/mol. The molecule has 20 heavy (non-hydrogen) atoms. The second-order valence-electron chi connectivity index (χ2n) is 5.22. The fourth-order valence-electron chi connectivity index (χ4n) is 2.78. The van der Waals surface area contributed by atoms with Gasteiger partial charge in [-0.25, -0.2) is 0 Å². The molecule has 2 heterocycles. The van der Waals surface area contributed by atoms with E-state index in [4.69, 9.17) is 5.11 Å². The molecule has 1 saturated heterocycles. The Morgan fingerprint density at radius 1 is 1.50 bits per heavy atom. The van der Waals surface area contributed by atoms with Crippen molar-refractivity contribution in [1.82, 2.24) is 4.98 Å². The van der Waals surface area contributed by atoms with Crippen LogP contribution in [0.25, 0.3) is 10.9 Å². The molecule has 0 amide bonds. The van der Waals surface area contributed by atoms with Crippen LogP contribution < -0.4 is 4.90 Å². The average molecular weight is 335 g/mol. The van der Waals surface area contributed by atoms with Gasteiger partial charge in [-0.2, -0.15) is 0 Å². The Labute approximate surface area is 125 Å². The maximum atomic E-state index is 11.1. The van der Waals surface area contributed by atoms with E-state index in [1.54, 1.807) is 6.20 Å². The second kappa shape index (κ2) is 5.05. The Hall–Kier alpha value is -1.62. The van der Waals surface area contributed by atoms with Gasteiger partial charge in [-0.3, -0.25) is 9.78 Å². The Bertz CT molecular complexity index is 687. The predicted molar refractivity (Wildman–Crippen MR) is 82.1 cm³/mol. The highest BCUT2D eigenvalue weighted by Crippen LogP contribution is 2.32. The zero-order valence-corrected chi connectivity index (χ0v) is 12.7. The summed E-state index contributed by atoms with van der Waals surface area (Å²) in [6.45, 7) is 3.43. The Morgan fingerprint density at radius 2 is 2.30 bits per heavy atom. The van der Waals surface area contributed by atoms with Gasteiger partial charge >= 0.3 is 5.97 Å². The smallest absolute Gasteiger partial charge is 0.308 e. The maximum absolute atomic E-state index is 11.1. The van der Waals surface area contributed by atoms with Crippen LogP contribution in [0, 0.1) is 12.8 Å². The molecule has 3 rings (SSSR count). The number of halogens is 1. The van der Waals surface area contributed by atoms with E-state index in [-0.39, 0.29) is 5.92 Å². The molecule has 0 bridgehead atoms. The number of nitrogens with zero attached hydrogens (tertiary/aromatic N) is 2. The summed E-state index contributed by atoms with van der Waals surface area (Å²) in [7, 11) is 0. The van der Waals surface area contributed by atoms with Gasteiger partial charge in [0.15, 0.2) is 0 Å². The first-order valence-electron chi connectivity index (χ1n) is 6.59. The lowest BCUT2D eigenvalue weighted by atomic mass is 10.1. The van der Waals surface area contributed by atoms with Gasteiger partial charge in [-0.05, 0) is 37.1 Å². The van der Waals surface area contributed by atoms with E-state index >= 15 is 0 Å². The number of carboxylic acids is 1. The lowest BCUT2D eigenvalue weighted by Crippen LogP contribution is -2.23. The van der Waals surface area contributed by atoms with Crippen molar-refractivity contribution in [3.63, 3.8) is 0 Å². The summed E-state index contributed by atoms with van der Waals surface area (Å²) in [6.07, 6.45) is 2.48. The van der Waals surface area contributed by atoms with Crippen molar-refractivity contribution in [2.24, 2.45) is 5.92 Å². The molecule has 0 aliphatic carbocycles. The topological polar surface area (TPSA) is 53.4 Å². The molecule has 5 heteroatoms. The van der Waals surface area contributed by atoms with Crippen LogP contribution in [0.3, 0.4) is 0 Å². The second-order valence-corrected chi connectivity index (χ2v) is 6.07. The number of hydrogen-bond acceptors (Lipinski definition) is 3. The van der Waals surface area contributed by atoms with Crippen molar-refractivity contribution in [2.75, 3.05) is 18.0 Å². The number of anilines is 1. The SMILES string of the molecule is Cc1cc2c(Br)ccnc2cc1N1CCC(C(=O)O)C1. The van der Waals surface area contributed by atoms with Crippen molar-refractivity contribution in [3.8, 4) is 0 Å². The summed E-state index contributed by atoms with van der Waals surface area (Å²) in [5, 5.41) is 10.2. The zero-order valence-electron chi connectivity index (χ0n) is 11.1. The molecule has 1 atom stereocenters. The molecule has 104 valence electrons. The molecule has 4 nitrogen and oxygen atoms in total. The van der Waals surface area contributed by atoms with Crippen LogP contribution in [0.5, 0.6) is 0 Å². The minimum absolute atomic E-state index is 0.263. The Balaban J connectivity index is 2.00. The number of aliphatic carboxylic acids is 1. The lowest BCUT2D eigenvalue weighted by Gasteiger charge is -2.21. The minimum atomic E-state index is -0.702. The number of carboxylic acid groups (broad SMARTS) is 1. The highest BCUT2D eigenvalue weighted by Gasteiger charge is 2.28. The van der Waals surface area contributed by atoms with Gasteiger partial charge < -0.3 is 10.0 Å². The normalized spacial score (nSPS) is 18.7. The molecule has 1 unspecified atom stereocenters. The van der Waals surface area contributed by atoms with E-state index in [9.17, 15) is 4.79 Å². The highest BCUT2D eigenvalue weighted by molar-refractivity contribution is 9.10. The Kier molecular flexibility index (Phi) is 3.38. The van der Waals surface area contributed by atoms with E-state index in [1.165, 1.54) is 0 Å². The molecule has 1 aromatic heterocycles. The molecule has 0 radical (unpaired) electrons. The summed E-state index contributed by atoms with van der Waals surface area (Å²) >= 11 is 3.54. The van der Waals surface area contributed by atoms with E-state index in [0.29, 0.717) is 13.0 Å². The quantitative estimate of drug-likeness (QED) is 0.916. The van der Waals surface area contributed by atoms with Gasteiger partial charge in [0, 0.05) is 34.8 Å². The van der Waals surface area contributed by atoms with Crippen LogP contribution in [0.4, 0.5) is 5.69 Å². The third kappa shape index (κ3) is 2.26. The Morgan fingerprint density at radius 3 is 3.00 bits per heavy atom. The molecule has 1 fully saturated rings. The van der Waals surface area contributed by atoms with Gasteiger partial charge in [0.1, 0.15) is 0 Å². The van der Waals surface area contributed by atoms with Gasteiger partial charge in [0.2, 0.25) is 0 Å². The first-order valence-corrected chi connectivity index (χ1v) is 7.38. The van der Waals surface area contributed by atoms with Crippen molar-refractivity contribution < 1.29 is 9.90 Å². The third-order valence-corrected chi connectivity index (χ3v) is 4.58. The number of fused-ring (bicyclic) bond motifs is 1. The lowest BCUT2D eigenvalue weighted by molar-refractivity contribution is -0.140. The minimum Gasteiger partial charge on any atom is -0.481 e. The fourth-order valence-corrected chi connectivity index (χ4v) is 3.21. The fraction of sp³-hybridized carbons (Fsp3) is 0.333. The molecule has 1 aromatic carbocycles. The summed E-state index contributed by atoms with van der Waals surface area (Å²) in [5.74, 6) is -0.965. The number of carbonyl (C=O) groups is 1. The van der Waals surface area contributed by atoms with Crippen molar-refractivity contribution in [3.05, 3.63) is 34.4 Å². The number of pyridine rings is 1. The van der Waals surface area contributed by atoms with E-state index in [2.05, 4.69) is 44.9 Å². The van der Waals surface area contributed by atoms with Gasteiger partial charge in [-0.1, -0.05) is 15.9 Å². The van der Waals surface area contributed by atoms with E-state index in [1.807, 2.05) is 6.07 Å². The van der Waals surface area contributed by atoms with Crippen LogP contribution in [0.1, 0.15) is 12.0 Å². The standard InChI is InChI=1S/C15H15BrN2O2/c1-9-6-11-12(16)2-4-17-13(11)7-14(9)18-5-3-10(8-18)15(19)20/h2,4,6-7,10H,3,5,8H2,1H3,(H,19,20). The largest absolute Gasteiger partial charge is 0.481 e. The van der Waals surface area contributed by atoms with Crippen molar-refractivity contribution in [1.29, 1.82) is 0 Å². The number of aromatic nitrogens is 1. The molecule has 1 N–H and O–H groups in total. The molecule has 2 aromatic rings. The number of aryl methyl sites for hydroxylation is 1. The molecular formula is C15H15BrN2O2. The molecule has 0 saturated carbocycles. The number of benzene rings is 1. The number of rotatable bonds is 2. The summed E-state index contributed by atoms with van der Waals surface area (Å²) in [5.41, 5.74) is 3.17. The van der Waals surface area contributed by atoms with Crippen LogP contribution in [0.2, 0.25) is 0 Å². The van der Waals surface area contributed by atoms with Gasteiger partial charge in [0.25, 0.3) is 0 Å². The molecule has 1 aliphatic heterocycles. The number of hydrogen-bond donors (Lipinski definition) is 1. The summed E-state index contributed by atoms with van der Waals surface area (Å²) < 4.78 is 1.03. The van der Waals surface area contributed by atoms with Crippen molar-refractivity contribution >= 4 is 38.5 Å². The molecule has 0 spiro atoms.